The number of ether oxygens (including phenoxy) is 1. The molecule has 5 nitrogen and oxygen atoms in total. The molecule has 0 radical (unpaired) electrons. The van der Waals surface area contributed by atoms with E-state index in [4.69, 9.17) is 4.74 Å². The van der Waals surface area contributed by atoms with Gasteiger partial charge in [-0.2, -0.15) is 0 Å². The summed E-state index contributed by atoms with van der Waals surface area (Å²) in [5, 5.41) is 3.14. The summed E-state index contributed by atoms with van der Waals surface area (Å²) in [5.74, 6) is 2.28. The summed E-state index contributed by atoms with van der Waals surface area (Å²) in [7, 11) is 0. The van der Waals surface area contributed by atoms with Gasteiger partial charge in [-0.25, -0.2) is 0 Å². The molecule has 1 N–H and O–H groups in total. The second-order valence-electron chi connectivity index (χ2n) is 12.6. The average molecular weight is 458 g/mol. The minimum atomic E-state index is -0.466. The van der Waals surface area contributed by atoms with Gasteiger partial charge in [0, 0.05) is 25.3 Å². The summed E-state index contributed by atoms with van der Waals surface area (Å²) in [4.78, 5) is 37.1. The fourth-order valence-electron chi connectivity index (χ4n) is 7.95. The molecule has 3 saturated carbocycles. The van der Waals surface area contributed by atoms with Gasteiger partial charge in [0.25, 0.3) is 0 Å². The number of rotatable bonds is 5. The minimum absolute atomic E-state index is 0.0679. The van der Waals surface area contributed by atoms with Crippen LogP contribution >= 0.6 is 0 Å². The van der Waals surface area contributed by atoms with Gasteiger partial charge < -0.3 is 10.1 Å². The van der Waals surface area contributed by atoms with E-state index >= 15 is 0 Å². The van der Waals surface area contributed by atoms with Crippen molar-refractivity contribution >= 4 is 17.7 Å². The van der Waals surface area contributed by atoms with Gasteiger partial charge in [-0.05, 0) is 107 Å². The van der Waals surface area contributed by atoms with Crippen LogP contribution in [0.5, 0.6) is 0 Å². The second kappa shape index (κ2) is 8.85. The van der Waals surface area contributed by atoms with Crippen LogP contribution in [-0.4, -0.2) is 29.8 Å². The zero-order chi connectivity index (χ0) is 24.0. The summed E-state index contributed by atoms with van der Waals surface area (Å²) in [6.07, 6.45) is 11.2. The molecule has 4 rings (SSSR count). The molecule has 0 aromatic heterocycles. The highest BCUT2D eigenvalue weighted by Gasteiger charge is 2.60. The highest BCUT2D eigenvalue weighted by Crippen LogP contribution is 2.66. The molecule has 4 aliphatic carbocycles. The first kappa shape index (κ1) is 24.5. The number of hydrogen-bond acceptors (Lipinski definition) is 4. The number of esters is 1. The highest BCUT2D eigenvalue weighted by atomic mass is 16.6. The van der Waals surface area contributed by atoms with Crippen LogP contribution in [0.25, 0.3) is 0 Å². The van der Waals surface area contributed by atoms with Crippen molar-refractivity contribution in [2.75, 3.05) is 6.54 Å². The molecule has 6 atom stereocenters. The van der Waals surface area contributed by atoms with Crippen LogP contribution in [0, 0.1) is 34.5 Å². The maximum Gasteiger partial charge on any atom is 0.306 e. The third kappa shape index (κ3) is 4.66. The summed E-state index contributed by atoms with van der Waals surface area (Å²) in [5.41, 5.74) is 1.19. The first-order valence-corrected chi connectivity index (χ1v) is 13.2. The molecule has 5 heteroatoms. The Kier molecular flexibility index (Phi) is 6.56. The Hall–Kier alpha value is -1.65. The number of carbonyl (C=O) groups is 3. The van der Waals surface area contributed by atoms with Crippen molar-refractivity contribution in [3.63, 3.8) is 0 Å². The summed E-state index contributed by atoms with van der Waals surface area (Å²) in [6.45, 7) is 10.9. The molecule has 0 bridgehead atoms. The van der Waals surface area contributed by atoms with Crippen LogP contribution in [0.3, 0.4) is 0 Å². The molecule has 4 aliphatic rings. The summed E-state index contributed by atoms with van der Waals surface area (Å²) in [6, 6.07) is 0. The fraction of sp³-hybridized carbons (Fsp3) is 0.821. The molecular formula is C28H43NO4. The van der Waals surface area contributed by atoms with Gasteiger partial charge in [-0.1, -0.05) is 19.4 Å². The van der Waals surface area contributed by atoms with Crippen LogP contribution < -0.4 is 5.32 Å². The molecule has 3 fully saturated rings. The molecule has 6 unspecified atom stereocenters. The maximum atomic E-state index is 13.2. The Bertz CT molecular complexity index is 839. The van der Waals surface area contributed by atoms with Crippen molar-refractivity contribution in [1.82, 2.24) is 5.32 Å². The molecule has 0 saturated heterocycles. The van der Waals surface area contributed by atoms with Gasteiger partial charge in [0.1, 0.15) is 5.60 Å². The van der Waals surface area contributed by atoms with Crippen molar-refractivity contribution < 1.29 is 19.1 Å². The molecule has 0 aliphatic heterocycles. The van der Waals surface area contributed by atoms with Crippen molar-refractivity contribution in [3.8, 4) is 0 Å². The standard InChI is InChI=1S/C28H43NO4/c1-26(2,3)33-24(31)7-6-16-29-25(32)23-11-10-21-20-9-8-18-17-19(30)12-14-27(18,4)22(20)13-15-28(21,23)5/h17,20-23H,6-16H2,1-5H3,(H,29,32). The second-order valence-corrected chi connectivity index (χ2v) is 12.6. The van der Waals surface area contributed by atoms with E-state index in [1.807, 2.05) is 26.8 Å². The van der Waals surface area contributed by atoms with Crippen molar-refractivity contribution in [2.45, 2.75) is 104 Å². The molecule has 33 heavy (non-hydrogen) atoms. The Labute approximate surface area is 199 Å². The van der Waals surface area contributed by atoms with E-state index in [-0.39, 0.29) is 28.6 Å². The number of fused-ring (bicyclic) bond motifs is 5. The van der Waals surface area contributed by atoms with E-state index in [2.05, 4.69) is 19.2 Å². The first-order chi connectivity index (χ1) is 15.4. The molecule has 184 valence electrons. The Balaban J connectivity index is 1.35. The maximum absolute atomic E-state index is 13.2. The van der Waals surface area contributed by atoms with Gasteiger partial charge in [0.2, 0.25) is 5.91 Å². The van der Waals surface area contributed by atoms with E-state index < -0.39 is 5.60 Å². The fourth-order valence-corrected chi connectivity index (χ4v) is 7.95. The lowest BCUT2D eigenvalue weighted by molar-refractivity contribution is -0.155. The van der Waals surface area contributed by atoms with Crippen LogP contribution in [0.2, 0.25) is 0 Å². The van der Waals surface area contributed by atoms with Crippen LogP contribution in [0.4, 0.5) is 0 Å². The van der Waals surface area contributed by atoms with Gasteiger partial charge in [0.15, 0.2) is 5.78 Å². The van der Waals surface area contributed by atoms with Gasteiger partial charge in [-0.15, -0.1) is 0 Å². The lowest BCUT2D eigenvalue weighted by Gasteiger charge is -2.58. The van der Waals surface area contributed by atoms with Crippen LogP contribution in [0.15, 0.2) is 11.6 Å². The van der Waals surface area contributed by atoms with E-state index in [0.717, 1.165) is 32.1 Å². The third-order valence-corrected chi connectivity index (χ3v) is 9.56. The van der Waals surface area contributed by atoms with Crippen molar-refractivity contribution in [1.29, 1.82) is 0 Å². The smallest absolute Gasteiger partial charge is 0.306 e. The van der Waals surface area contributed by atoms with Crippen molar-refractivity contribution in [3.05, 3.63) is 11.6 Å². The number of nitrogens with one attached hydrogen (secondary N) is 1. The van der Waals surface area contributed by atoms with E-state index in [0.29, 0.717) is 49.3 Å². The molecule has 0 spiro atoms. The Morgan fingerprint density at radius 3 is 2.55 bits per heavy atom. The van der Waals surface area contributed by atoms with Crippen LogP contribution in [0.1, 0.15) is 98.8 Å². The predicted octanol–water partition coefficient (Wildman–Crippen LogP) is 5.37. The zero-order valence-corrected chi connectivity index (χ0v) is 21.3. The lowest BCUT2D eigenvalue weighted by Crippen LogP contribution is -2.52. The quantitative estimate of drug-likeness (QED) is 0.445. The SMILES string of the molecule is CC(C)(C)OC(=O)CCCNC(=O)C1CCC2C3CCC4=CC(=O)CCC4(C)C3CCC12C. The largest absolute Gasteiger partial charge is 0.460 e. The summed E-state index contributed by atoms with van der Waals surface area (Å²) < 4.78 is 5.36. The average Bonchev–Trinajstić information content (AvgIpc) is 3.07. The number of amides is 1. The topological polar surface area (TPSA) is 72.5 Å². The number of ketones is 1. The highest BCUT2D eigenvalue weighted by molar-refractivity contribution is 5.91. The van der Waals surface area contributed by atoms with Gasteiger partial charge >= 0.3 is 5.97 Å². The van der Waals surface area contributed by atoms with E-state index in [9.17, 15) is 14.4 Å². The van der Waals surface area contributed by atoms with Gasteiger partial charge in [0.05, 0.1) is 0 Å². The van der Waals surface area contributed by atoms with E-state index in [1.54, 1.807) is 0 Å². The van der Waals surface area contributed by atoms with Crippen molar-refractivity contribution in [2.24, 2.45) is 34.5 Å². The first-order valence-electron chi connectivity index (χ1n) is 13.2. The normalized spacial score (nSPS) is 38.0. The number of allylic oxidation sites excluding steroid dienone is 1. The molecule has 0 heterocycles. The molecule has 0 aromatic rings. The van der Waals surface area contributed by atoms with Crippen LogP contribution in [-0.2, 0) is 19.1 Å². The Morgan fingerprint density at radius 1 is 1.06 bits per heavy atom. The third-order valence-electron chi connectivity index (χ3n) is 9.56. The van der Waals surface area contributed by atoms with Gasteiger partial charge in [-0.3, -0.25) is 14.4 Å². The lowest BCUT2D eigenvalue weighted by atomic mass is 9.47. The predicted molar refractivity (Wildman–Crippen MR) is 128 cm³/mol. The number of hydrogen-bond donors (Lipinski definition) is 1. The van der Waals surface area contributed by atoms with E-state index in [1.165, 1.54) is 18.4 Å². The molecular weight excluding hydrogens is 414 g/mol. The minimum Gasteiger partial charge on any atom is -0.460 e. The Morgan fingerprint density at radius 2 is 1.82 bits per heavy atom. The molecule has 0 aromatic carbocycles. The monoisotopic (exact) mass is 457 g/mol. The summed E-state index contributed by atoms with van der Waals surface area (Å²) >= 11 is 0. The zero-order valence-electron chi connectivity index (χ0n) is 21.3. The number of carbonyl (C=O) groups excluding carboxylic acids is 3. The molecule has 1 amide bonds.